The van der Waals surface area contributed by atoms with Crippen molar-refractivity contribution < 1.29 is 14.3 Å². The Bertz CT molecular complexity index is 1200. The number of anilines is 4. The second-order valence-corrected chi connectivity index (χ2v) is 10.8. The summed E-state index contributed by atoms with van der Waals surface area (Å²) in [6.45, 7) is 2.46. The molecule has 0 bridgehead atoms. The van der Waals surface area contributed by atoms with E-state index in [0.717, 1.165) is 63.1 Å². The van der Waals surface area contributed by atoms with Gasteiger partial charge in [0.1, 0.15) is 11.4 Å². The van der Waals surface area contributed by atoms with E-state index in [4.69, 9.17) is 9.72 Å². The molecule has 6 rings (SSSR count). The summed E-state index contributed by atoms with van der Waals surface area (Å²) in [5.41, 5.74) is 4.63. The van der Waals surface area contributed by atoms with Gasteiger partial charge in [-0.25, -0.2) is 9.99 Å². The van der Waals surface area contributed by atoms with Crippen LogP contribution in [0.3, 0.4) is 0 Å². The summed E-state index contributed by atoms with van der Waals surface area (Å²) in [7, 11) is 3.42. The number of nitrogens with one attached hydrogen (secondary N) is 2. The van der Waals surface area contributed by atoms with Gasteiger partial charge in [0.25, 0.3) is 5.91 Å². The van der Waals surface area contributed by atoms with Crippen molar-refractivity contribution in [3.05, 3.63) is 30.0 Å². The number of aromatic nitrogens is 2. The SMILES string of the molecule is COc1cc(C(=O)NN2CCCC2)ccc1Nc1ncc2c(n1)N(C1CCCC1)CC1(CC1)C(=O)N2C. The molecule has 1 aromatic carbocycles. The molecule has 2 N–H and O–H groups in total. The Kier molecular flexibility index (Phi) is 6.14. The van der Waals surface area contributed by atoms with Crippen LogP contribution in [-0.2, 0) is 4.79 Å². The van der Waals surface area contributed by atoms with E-state index in [0.29, 0.717) is 35.5 Å². The van der Waals surface area contributed by atoms with Gasteiger partial charge in [-0.05, 0) is 56.7 Å². The lowest BCUT2D eigenvalue weighted by Crippen LogP contribution is -2.41. The van der Waals surface area contributed by atoms with E-state index >= 15 is 0 Å². The van der Waals surface area contributed by atoms with E-state index < -0.39 is 0 Å². The molecule has 10 heteroatoms. The molecular weight excluding hydrogens is 470 g/mol. The van der Waals surface area contributed by atoms with Crippen LogP contribution in [0.5, 0.6) is 5.75 Å². The first-order valence-electron chi connectivity index (χ1n) is 13.4. The predicted octanol–water partition coefficient (Wildman–Crippen LogP) is 3.48. The van der Waals surface area contributed by atoms with E-state index in [1.165, 1.54) is 12.8 Å². The number of rotatable bonds is 6. The Morgan fingerprint density at radius 1 is 1.14 bits per heavy atom. The number of carbonyl (C=O) groups is 2. The first kappa shape index (κ1) is 24.0. The summed E-state index contributed by atoms with van der Waals surface area (Å²) in [5.74, 6) is 1.79. The Balaban J connectivity index is 1.28. The maximum Gasteiger partial charge on any atom is 0.265 e. The van der Waals surface area contributed by atoms with Crippen molar-refractivity contribution >= 4 is 35.0 Å². The molecular formula is C27H35N7O3. The number of hydrazine groups is 1. The molecule has 1 saturated heterocycles. The van der Waals surface area contributed by atoms with Crippen molar-refractivity contribution in [2.45, 2.75) is 57.4 Å². The summed E-state index contributed by atoms with van der Waals surface area (Å²) < 4.78 is 5.61. The van der Waals surface area contributed by atoms with Gasteiger partial charge in [0.15, 0.2) is 5.82 Å². The number of nitrogens with zero attached hydrogens (tertiary/aromatic N) is 5. The number of amides is 2. The molecule has 0 unspecified atom stereocenters. The third-order valence-electron chi connectivity index (χ3n) is 8.31. The highest BCUT2D eigenvalue weighted by Gasteiger charge is 2.55. The van der Waals surface area contributed by atoms with Crippen LogP contribution in [0.25, 0.3) is 0 Å². The minimum Gasteiger partial charge on any atom is -0.495 e. The normalized spacial score (nSPS) is 21.2. The molecule has 2 aliphatic heterocycles. The van der Waals surface area contributed by atoms with E-state index in [1.54, 1.807) is 30.3 Å². The van der Waals surface area contributed by atoms with Gasteiger partial charge in [-0.2, -0.15) is 4.98 Å². The second-order valence-electron chi connectivity index (χ2n) is 10.8. The van der Waals surface area contributed by atoms with Gasteiger partial charge in [-0.1, -0.05) is 12.8 Å². The summed E-state index contributed by atoms with van der Waals surface area (Å²) in [6.07, 6.45) is 10.4. The van der Waals surface area contributed by atoms with E-state index in [9.17, 15) is 9.59 Å². The number of benzene rings is 1. The van der Waals surface area contributed by atoms with Crippen LogP contribution in [-0.4, -0.2) is 66.6 Å². The maximum atomic E-state index is 13.3. The molecule has 196 valence electrons. The van der Waals surface area contributed by atoms with Crippen molar-refractivity contribution in [1.82, 2.24) is 20.4 Å². The van der Waals surface area contributed by atoms with Crippen LogP contribution in [0.2, 0.25) is 0 Å². The topological polar surface area (TPSA) is 103 Å². The fourth-order valence-electron chi connectivity index (χ4n) is 5.94. The quantitative estimate of drug-likeness (QED) is 0.615. The molecule has 4 aliphatic rings. The number of hydrogen-bond donors (Lipinski definition) is 2. The summed E-state index contributed by atoms with van der Waals surface area (Å²) in [4.78, 5) is 39.6. The number of fused-ring (bicyclic) bond motifs is 1. The molecule has 0 atom stereocenters. The summed E-state index contributed by atoms with van der Waals surface area (Å²) >= 11 is 0. The van der Waals surface area contributed by atoms with Gasteiger partial charge >= 0.3 is 0 Å². The highest BCUT2D eigenvalue weighted by molar-refractivity contribution is 6.03. The van der Waals surface area contributed by atoms with Crippen molar-refractivity contribution in [2.24, 2.45) is 5.41 Å². The minimum atomic E-state index is -0.291. The average molecular weight is 506 g/mol. The first-order chi connectivity index (χ1) is 18.0. The van der Waals surface area contributed by atoms with Gasteiger partial charge in [0.05, 0.1) is 24.4 Å². The molecule has 2 amide bonds. The van der Waals surface area contributed by atoms with Gasteiger partial charge in [0.2, 0.25) is 11.9 Å². The van der Waals surface area contributed by atoms with E-state index in [2.05, 4.69) is 20.6 Å². The van der Waals surface area contributed by atoms with Crippen molar-refractivity contribution in [3.8, 4) is 5.75 Å². The highest BCUT2D eigenvalue weighted by atomic mass is 16.5. The van der Waals surface area contributed by atoms with E-state index in [1.807, 2.05) is 18.1 Å². The molecule has 3 fully saturated rings. The van der Waals surface area contributed by atoms with E-state index in [-0.39, 0.29) is 17.2 Å². The zero-order chi connectivity index (χ0) is 25.6. The van der Waals surface area contributed by atoms with Gasteiger partial charge in [-0.15, -0.1) is 0 Å². The van der Waals surface area contributed by atoms with Crippen LogP contribution >= 0.6 is 0 Å². The van der Waals surface area contributed by atoms with Crippen LogP contribution in [0.15, 0.2) is 24.4 Å². The predicted molar refractivity (Wildman–Crippen MR) is 141 cm³/mol. The average Bonchev–Trinajstić information content (AvgIpc) is 3.27. The molecule has 1 aromatic heterocycles. The second kappa shape index (κ2) is 9.48. The minimum absolute atomic E-state index is 0.151. The van der Waals surface area contributed by atoms with Crippen molar-refractivity contribution in [1.29, 1.82) is 0 Å². The number of methoxy groups -OCH3 is 1. The molecule has 1 spiro atoms. The number of carbonyl (C=O) groups excluding carboxylic acids is 2. The Labute approximate surface area is 217 Å². The van der Waals surface area contributed by atoms with Crippen LogP contribution in [0, 0.1) is 5.41 Å². The number of ether oxygens (including phenoxy) is 1. The molecule has 37 heavy (non-hydrogen) atoms. The fraction of sp³-hybridized carbons (Fsp3) is 0.556. The van der Waals surface area contributed by atoms with Crippen LogP contribution in [0.4, 0.5) is 23.1 Å². The smallest absolute Gasteiger partial charge is 0.265 e. The van der Waals surface area contributed by atoms with Gasteiger partial charge < -0.3 is 19.9 Å². The number of hydrogen-bond acceptors (Lipinski definition) is 8. The monoisotopic (exact) mass is 505 g/mol. The summed E-state index contributed by atoms with van der Waals surface area (Å²) in [6, 6.07) is 5.70. The largest absolute Gasteiger partial charge is 0.495 e. The highest BCUT2D eigenvalue weighted by Crippen LogP contribution is 2.52. The van der Waals surface area contributed by atoms with Crippen LogP contribution in [0.1, 0.15) is 61.7 Å². The zero-order valence-electron chi connectivity index (χ0n) is 21.6. The Morgan fingerprint density at radius 3 is 2.59 bits per heavy atom. The van der Waals surface area contributed by atoms with Gasteiger partial charge in [0, 0.05) is 38.3 Å². The Morgan fingerprint density at radius 2 is 1.89 bits per heavy atom. The van der Waals surface area contributed by atoms with Crippen molar-refractivity contribution in [3.63, 3.8) is 0 Å². The first-order valence-corrected chi connectivity index (χ1v) is 13.4. The van der Waals surface area contributed by atoms with Gasteiger partial charge in [-0.3, -0.25) is 15.0 Å². The summed E-state index contributed by atoms with van der Waals surface area (Å²) in [5, 5.41) is 5.24. The Hall–Kier alpha value is -3.40. The van der Waals surface area contributed by atoms with Crippen molar-refractivity contribution in [2.75, 3.05) is 48.9 Å². The molecule has 0 radical (unpaired) electrons. The lowest BCUT2D eigenvalue weighted by molar-refractivity contribution is -0.122. The lowest BCUT2D eigenvalue weighted by Gasteiger charge is -2.31. The zero-order valence-corrected chi connectivity index (χ0v) is 21.6. The van der Waals surface area contributed by atoms with Crippen LogP contribution < -0.4 is 25.3 Å². The molecule has 2 aromatic rings. The third kappa shape index (κ3) is 4.47. The maximum absolute atomic E-state index is 13.3. The fourth-order valence-corrected chi connectivity index (χ4v) is 5.94. The standard InChI is InChI=1S/C27H35N7O3/c1-32-21-16-28-26(30-23(21)34(19-7-3-4-8-19)17-27(11-12-27)25(32)36)29-20-10-9-18(15-22(20)37-2)24(35)31-33-13-5-6-14-33/h9-10,15-16,19H,3-8,11-14,17H2,1-2H3,(H,31,35)(H,28,29,30). The lowest BCUT2D eigenvalue weighted by atomic mass is 10.0. The third-order valence-corrected chi connectivity index (χ3v) is 8.31. The molecule has 2 aliphatic carbocycles. The molecule has 2 saturated carbocycles. The molecule has 3 heterocycles. The molecule has 10 nitrogen and oxygen atoms in total.